The Morgan fingerprint density at radius 3 is 3.11 bits per heavy atom. The van der Waals surface area contributed by atoms with Crippen molar-refractivity contribution in [2.24, 2.45) is 11.7 Å². The van der Waals surface area contributed by atoms with Gasteiger partial charge in [-0.15, -0.1) is 0 Å². The molecule has 0 aromatic carbocycles. The summed E-state index contributed by atoms with van der Waals surface area (Å²) in [6.07, 6.45) is 4.92. The molecule has 100 valence electrons. The van der Waals surface area contributed by atoms with Crippen LogP contribution < -0.4 is 16.2 Å². The summed E-state index contributed by atoms with van der Waals surface area (Å²) in [5.41, 5.74) is 5.80. The number of hydrogen-bond acceptors (Lipinski definition) is 4. The summed E-state index contributed by atoms with van der Waals surface area (Å²) < 4.78 is 0.656. The van der Waals surface area contributed by atoms with Crippen molar-refractivity contribution in [1.29, 1.82) is 0 Å². The maximum atomic E-state index is 11.6. The van der Waals surface area contributed by atoms with Crippen LogP contribution in [0, 0.1) is 9.49 Å². The molecule has 0 amide bonds. The summed E-state index contributed by atoms with van der Waals surface area (Å²) in [5.74, 6) is 1.53. The molecule has 2 unspecified atom stereocenters. The first-order chi connectivity index (χ1) is 8.67. The van der Waals surface area contributed by atoms with Gasteiger partial charge in [0.15, 0.2) is 0 Å². The van der Waals surface area contributed by atoms with Crippen molar-refractivity contribution < 1.29 is 0 Å². The zero-order chi connectivity index (χ0) is 13.1. The van der Waals surface area contributed by atoms with E-state index in [4.69, 9.17) is 5.73 Å². The van der Waals surface area contributed by atoms with Crippen LogP contribution in [0.1, 0.15) is 26.2 Å². The van der Waals surface area contributed by atoms with Gasteiger partial charge in [-0.1, -0.05) is 13.3 Å². The maximum absolute atomic E-state index is 11.6. The Kier molecular flexibility index (Phi) is 4.60. The highest BCUT2D eigenvalue weighted by Gasteiger charge is 2.29. The Bertz CT molecular complexity index is 462. The molecule has 0 radical (unpaired) electrons. The van der Waals surface area contributed by atoms with Gasteiger partial charge in [-0.3, -0.25) is 4.79 Å². The van der Waals surface area contributed by atoms with Crippen LogP contribution in [0.4, 0.5) is 5.82 Å². The number of anilines is 1. The van der Waals surface area contributed by atoms with Crippen molar-refractivity contribution in [2.75, 3.05) is 18.0 Å². The van der Waals surface area contributed by atoms with Gasteiger partial charge in [0, 0.05) is 19.1 Å². The normalized spacial score (nSPS) is 24.3. The molecular formula is C12H19IN4O. The first-order valence-corrected chi connectivity index (χ1v) is 7.45. The molecular weight excluding hydrogens is 343 g/mol. The van der Waals surface area contributed by atoms with Crippen molar-refractivity contribution in [2.45, 2.75) is 32.2 Å². The molecule has 1 aromatic rings. The third-order valence-electron chi connectivity index (χ3n) is 3.72. The van der Waals surface area contributed by atoms with Crippen molar-refractivity contribution in [3.8, 4) is 0 Å². The minimum atomic E-state index is -0.0750. The molecule has 6 heteroatoms. The molecule has 0 aliphatic carbocycles. The van der Waals surface area contributed by atoms with Crippen LogP contribution in [-0.4, -0.2) is 29.1 Å². The number of H-pyrrole nitrogens is 1. The summed E-state index contributed by atoms with van der Waals surface area (Å²) in [6.45, 7) is 3.77. The van der Waals surface area contributed by atoms with Gasteiger partial charge in [0.2, 0.25) is 0 Å². The number of hydrogen-bond donors (Lipinski definition) is 2. The molecule has 2 rings (SSSR count). The number of halogens is 1. The Morgan fingerprint density at radius 1 is 1.67 bits per heavy atom. The Balaban J connectivity index is 2.27. The number of nitrogens with zero attached hydrogens (tertiary/aromatic N) is 2. The maximum Gasteiger partial charge on any atom is 0.266 e. The zero-order valence-electron chi connectivity index (χ0n) is 10.5. The molecule has 2 heterocycles. The lowest BCUT2D eigenvalue weighted by Crippen LogP contribution is -2.48. The van der Waals surface area contributed by atoms with Crippen molar-refractivity contribution in [3.05, 3.63) is 20.3 Å². The van der Waals surface area contributed by atoms with Crippen LogP contribution in [0.15, 0.2) is 11.1 Å². The molecule has 5 nitrogen and oxygen atoms in total. The van der Waals surface area contributed by atoms with Crippen molar-refractivity contribution >= 4 is 28.4 Å². The van der Waals surface area contributed by atoms with E-state index < -0.39 is 0 Å². The van der Waals surface area contributed by atoms with Crippen LogP contribution >= 0.6 is 22.6 Å². The third kappa shape index (κ3) is 2.69. The fourth-order valence-electron chi connectivity index (χ4n) is 2.58. The highest BCUT2D eigenvalue weighted by atomic mass is 127. The fraction of sp³-hybridized carbons (Fsp3) is 0.667. The minimum absolute atomic E-state index is 0.0750. The van der Waals surface area contributed by atoms with E-state index in [1.807, 2.05) is 0 Å². The van der Waals surface area contributed by atoms with Crippen LogP contribution in [0.25, 0.3) is 0 Å². The summed E-state index contributed by atoms with van der Waals surface area (Å²) in [5, 5.41) is 0. The molecule has 1 saturated heterocycles. The molecule has 1 aliphatic heterocycles. The molecule has 3 N–H and O–H groups in total. The van der Waals surface area contributed by atoms with Gasteiger partial charge in [-0.05, 0) is 41.4 Å². The predicted octanol–water partition coefficient (Wildman–Crippen LogP) is 1.33. The van der Waals surface area contributed by atoms with Crippen LogP contribution in [0.5, 0.6) is 0 Å². The lowest BCUT2D eigenvalue weighted by atomic mass is 9.89. The van der Waals surface area contributed by atoms with Gasteiger partial charge in [-0.2, -0.15) is 0 Å². The van der Waals surface area contributed by atoms with Crippen LogP contribution in [0.3, 0.4) is 0 Å². The van der Waals surface area contributed by atoms with E-state index in [1.165, 1.54) is 12.7 Å². The van der Waals surface area contributed by atoms with E-state index >= 15 is 0 Å². The SMILES string of the molecule is CCC1CCN(c2nc[nH]c(=O)c2I)C(CN)C1. The first kappa shape index (κ1) is 13.8. The number of nitrogens with two attached hydrogens (primary N) is 1. The predicted molar refractivity (Wildman–Crippen MR) is 80.8 cm³/mol. The zero-order valence-corrected chi connectivity index (χ0v) is 12.7. The van der Waals surface area contributed by atoms with Crippen molar-refractivity contribution in [1.82, 2.24) is 9.97 Å². The second-order valence-electron chi connectivity index (χ2n) is 4.75. The van der Waals surface area contributed by atoms with Gasteiger partial charge in [-0.25, -0.2) is 4.98 Å². The van der Waals surface area contributed by atoms with E-state index in [2.05, 4.69) is 44.4 Å². The molecule has 0 saturated carbocycles. The molecule has 0 spiro atoms. The molecule has 2 atom stereocenters. The quantitative estimate of drug-likeness (QED) is 0.796. The standard InChI is InChI=1S/C12H19IN4O/c1-2-8-3-4-17(9(5-8)6-14)11-10(13)12(18)16-7-15-11/h7-9H,2-6,14H2,1H3,(H,15,16,18). The second-order valence-corrected chi connectivity index (χ2v) is 5.83. The summed E-state index contributed by atoms with van der Waals surface area (Å²) in [7, 11) is 0. The highest BCUT2D eigenvalue weighted by molar-refractivity contribution is 14.1. The topological polar surface area (TPSA) is 75.0 Å². The van der Waals surface area contributed by atoms with E-state index in [9.17, 15) is 4.79 Å². The second kappa shape index (κ2) is 6.01. The molecule has 1 fully saturated rings. The van der Waals surface area contributed by atoms with Crippen LogP contribution in [-0.2, 0) is 0 Å². The third-order valence-corrected chi connectivity index (χ3v) is 4.70. The molecule has 1 aromatic heterocycles. The Morgan fingerprint density at radius 2 is 2.44 bits per heavy atom. The Labute approximate surface area is 120 Å². The lowest BCUT2D eigenvalue weighted by molar-refractivity contribution is 0.334. The summed E-state index contributed by atoms with van der Waals surface area (Å²) in [6, 6.07) is 0.298. The lowest BCUT2D eigenvalue weighted by Gasteiger charge is -2.39. The van der Waals surface area contributed by atoms with Gasteiger partial charge in [0.1, 0.15) is 9.39 Å². The largest absolute Gasteiger partial charge is 0.351 e. The van der Waals surface area contributed by atoms with E-state index in [0.29, 0.717) is 16.2 Å². The molecule has 1 aliphatic rings. The number of aromatic nitrogens is 2. The average Bonchev–Trinajstić information content (AvgIpc) is 2.41. The minimum Gasteiger partial charge on any atom is -0.351 e. The molecule has 18 heavy (non-hydrogen) atoms. The van der Waals surface area contributed by atoms with E-state index in [-0.39, 0.29) is 5.56 Å². The monoisotopic (exact) mass is 362 g/mol. The van der Waals surface area contributed by atoms with Crippen molar-refractivity contribution in [3.63, 3.8) is 0 Å². The fourth-order valence-corrected chi connectivity index (χ4v) is 3.19. The number of rotatable bonds is 3. The van der Waals surface area contributed by atoms with Crippen LogP contribution in [0.2, 0.25) is 0 Å². The Hall–Kier alpha value is -0.630. The van der Waals surface area contributed by atoms with Gasteiger partial charge < -0.3 is 15.6 Å². The first-order valence-electron chi connectivity index (χ1n) is 6.37. The highest BCUT2D eigenvalue weighted by Crippen LogP contribution is 2.29. The van der Waals surface area contributed by atoms with E-state index in [0.717, 1.165) is 31.1 Å². The van der Waals surface area contributed by atoms with Gasteiger partial charge in [0.05, 0.1) is 6.33 Å². The average molecular weight is 362 g/mol. The number of aromatic amines is 1. The smallest absolute Gasteiger partial charge is 0.266 e. The summed E-state index contributed by atoms with van der Waals surface area (Å²) in [4.78, 5) is 20.8. The molecule has 0 bridgehead atoms. The van der Waals surface area contributed by atoms with Gasteiger partial charge in [0.25, 0.3) is 5.56 Å². The number of nitrogens with one attached hydrogen (secondary N) is 1. The number of piperidine rings is 1. The van der Waals surface area contributed by atoms with E-state index in [1.54, 1.807) is 0 Å². The van der Waals surface area contributed by atoms with Gasteiger partial charge >= 0.3 is 0 Å². The summed E-state index contributed by atoms with van der Waals surface area (Å²) >= 11 is 2.06.